The van der Waals surface area contributed by atoms with E-state index in [2.05, 4.69) is 39.4 Å². The number of rotatable bonds is 2. The molecule has 120 valence electrons. The summed E-state index contributed by atoms with van der Waals surface area (Å²) in [6.07, 6.45) is 5.06. The summed E-state index contributed by atoms with van der Waals surface area (Å²) < 4.78 is 0. The molecule has 1 aromatic carbocycles. The predicted octanol–water partition coefficient (Wildman–Crippen LogP) is 3.15. The Labute approximate surface area is 140 Å². The van der Waals surface area contributed by atoms with Crippen LogP contribution in [0.3, 0.4) is 0 Å². The molecule has 2 aliphatic heterocycles. The minimum absolute atomic E-state index is 0.0273. The number of H-pyrrole nitrogens is 1. The number of amides is 1. The van der Waals surface area contributed by atoms with Crippen LogP contribution in [0.25, 0.3) is 0 Å². The Bertz CT molecular complexity index is 685. The summed E-state index contributed by atoms with van der Waals surface area (Å²) in [7, 11) is 0. The van der Waals surface area contributed by atoms with E-state index in [9.17, 15) is 4.79 Å². The fraction of sp³-hybridized carbons (Fsp3) is 0.444. The average molecular weight is 327 g/mol. The van der Waals surface area contributed by atoms with Gasteiger partial charge in [-0.15, -0.1) is 11.8 Å². The highest BCUT2D eigenvalue weighted by Crippen LogP contribution is 2.39. The van der Waals surface area contributed by atoms with E-state index in [0.29, 0.717) is 5.92 Å². The highest BCUT2D eigenvalue weighted by molar-refractivity contribution is 8.00. The van der Waals surface area contributed by atoms with E-state index in [1.807, 2.05) is 6.07 Å². The molecule has 1 N–H and O–H groups in total. The summed E-state index contributed by atoms with van der Waals surface area (Å²) in [6, 6.07) is 10.4. The zero-order chi connectivity index (χ0) is 15.6. The lowest BCUT2D eigenvalue weighted by atomic mass is 9.94. The Hall–Kier alpha value is -1.75. The van der Waals surface area contributed by atoms with Gasteiger partial charge < -0.3 is 4.90 Å². The minimum atomic E-state index is -0.0273. The number of carbonyl (C=O) groups excluding carboxylic acids is 1. The topological polar surface area (TPSA) is 49.0 Å². The normalized spacial score (nSPS) is 24.3. The number of carbonyl (C=O) groups is 1. The summed E-state index contributed by atoms with van der Waals surface area (Å²) in [4.78, 5) is 15.2. The van der Waals surface area contributed by atoms with Gasteiger partial charge in [-0.3, -0.25) is 9.89 Å². The van der Waals surface area contributed by atoms with E-state index in [0.717, 1.165) is 43.8 Å². The zero-order valence-corrected chi connectivity index (χ0v) is 13.9. The molecule has 2 aromatic rings. The third kappa shape index (κ3) is 2.90. The van der Waals surface area contributed by atoms with Crippen molar-refractivity contribution in [3.63, 3.8) is 0 Å². The number of aromatic amines is 1. The molecule has 1 amide bonds. The number of aryl methyl sites for hydroxylation is 1. The second-order valence-electron chi connectivity index (χ2n) is 6.34. The van der Waals surface area contributed by atoms with E-state index in [4.69, 9.17) is 0 Å². The first-order chi connectivity index (χ1) is 11.3. The molecular weight excluding hydrogens is 306 g/mol. The van der Waals surface area contributed by atoms with Crippen LogP contribution in [0.4, 0.5) is 0 Å². The van der Waals surface area contributed by atoms with Crippen LogP contribution in [0.1, 0.15) is 40.8 Å². The molecule has 4 nitrogen and oxygen atoms in total. The largest absolute Gasteiger partial charge is 0.341 e. The lowest BCUT2D eigenvalue weighted by Crippen LogP contribution is -2.41. The van der Waals surface area contributed by atoms with Crippen molar-refractivity contribution in [2.75, 3.05) is 18.8 Å². The molecule has 0 saturated carbocycles. The standard InChI is InChI=1S/C18H21N3OS/c22-18(17-15-6-2-1-4-13(15)8-11-23-17)21-10-3-5-14(12-21)16-7-9-19-20-16/h1-2,4,6-7,9,14,17H,3,5,8,10-12H2,(H,19,20)/t14-,17-/m0/s1. The van der Waals surface area contributed by atoms with E-state index in [1.54, 1.807) is 18.0 Å². The van der Waals surface area contributed by atoms with Crippen LogP contribution < -0.4 is 0 Å². The smallest absolute Gasteiger partial charge is 0.240 e. The summed E-state index contributed by atoms with van der Waals surface area (Å²) in [5, 5.41) is 7.10. The van der Waals surface area contributed by atoms with Crippen molar-refractivity contribution in [3.05, 3.63) is 53.3 Å². The van der Waals surface area contributed by atoms with Gasteiger partial charge in [-0.1, -0.05) is 24.3 Å². The van der Waals surface area contributed by atoms with Crippen molar-refractivity contribution in [1.29, 1.82) is 0 Å². The van der Waals surface area contributed by atoms with E-state index >= 15 is 0 Å². The van der Waals surface area contributed by atoms with Crippen molar-refractivity contribution >= 4 is 17.7 Å². The van der Waals surface area contributed by atoms with E-state index in [-0.39, 0.29) is 11.2 Å². The van der Waals surface area contributed by atoms with Crippen LogP contribution in [-0.4, -0.2) is 39.8 Å². The van der Waals surface area contributed by atoms with Crippen LogP contribution in [0.15, 0.2) is 36.5 Å². The van der Waals surface area contributed by atoms with Crippen molar-refractivity contribution in [1.82, 2.24) is 15.1 Å². The van der Waals surface area contributed by atoms with Gasteiger partial charge in [0, 0.05) is 30.9 Å². The van der Waals surface area contributed by atoms with Crippen molar-refractivity contribution in [2.45, 2.75) is 30.4 Å². The Morgan fingerprint density at radius 3 is 3.09 bits per heavy atom. The first-order valence-electron chi connectivity index (χ1n) is 8.30. The molecule has 0 aliphatic carbocycles. The maximum absolute atomic E-state index is 13.1. The summed E-state index contributed by atoms with van der Waals surface area (Å²) in [6.45, 7) is 1.68. The molecule has 4 rings (SSSR count). The maximum Gasteiger partial charge on any atom is 0.240 e. The zero-order valence-electron chi connectivity index (χ0n) is 13.1. The number of piperidine rings is 1. The Balaban J connectivity index is 1.53. The van der Waals surface area contributed by atoms with Crippen LogP contribution in [-0.2, 0) is 11.2 Å². The van der Waals surface area contributed by atoms with Gasteiger partial charge in [0.05, 0.1) is 0 Å². The summed E-state index contributed by atoms with van der Waals surface area (Å²) in [5.74, 6) is 1.70. The molecular formula is C18H21N3OS. The minimum Gasteiger partial charge on any atom is -0.341 e. The van der Waals surface area contributed by atoms with Gasteiger partial charge in [-0.2, -0.15) is 5.10 Å². The average Bonchev–Trinajstić information content (AvgIpc) is 3.15. The number of hydrogen-bond acceptors (Lipinski definition) is 3. The molecule has 5 heteroatoms. The fourth-order valence-electron chi connectivity index (χ4n) is 3.69. The predicted molar refractivity (Wildman–Crippen MR) is 92.5 cm³/mol. The maximum atomic E-state index is 13.1. The first-order valence-corrected chi connectivity index (χ1v) is 9.35. The van der Waals surface area contributed by atoms with Gasteiger partial charge in [0.2, 0.25) is 5.91 Å². The van der Waals surface area contributed by atoms with Crippen LogP contribution in [0.2, 0.25) is 0 Å². The molecule has 0 spiro atoms. The Morgan fingerprint density at radius 2 is 2.22 bits per heavy atom. The Kier molecular flexibility index (Phi) is 4.12. The highest BCUT2D eigenvalue weighted by atomic mass is 32.2. The summed E-state index contributed by atoms with van der Waals surface area (Å²) >= 11 is 1.79. The molecule has 23 heavy (non-hydrogen) atoms. The molecule has 3 heterocycles. The summed E-state index contributed by atoms with van der Waals surface area (Å²) in [5.41, 5.74) is 3.71. The molecule has 1 saturated heterocycles. The van der Waals surface area contributed by atoms with Gasteiger partial charge in [0.15, 0.2) is 0 Å². The van der Waals surface area contributed by atoms with Gasteiger partial charge in [-0.25, -0.2) is 0 Å². The third-order valence-electron chi connectivity index (χ3n) is 4.91. The number of benzene rings is 1. The monoisotopic (exact) mass is 327 g/mol. The fourth-order valence-corrected chi connectivity index (χ4v) is 4.96. The molecule has 0 bridgehead atoms. The lowest BCUT2D eigenvalue weighted by Gasteiger charge is -2.36. The van der Waals surface area contributed by atoms with Gasteiger partial charge in [-0.05, 0) is 42.2 Å². The van der Waals surface area contributed by atoms with Crippen molar-refractivity contribution in [2.24, 2.45) is 0 Å². The van der Waals surface area contributed by atoms with Crippen LogP contribution in [0.5, 0.6) is 0 Å². The van der Waals surface area contributed by atoms with Crippen molar-refractivity contribution < 1.29 is 4.79 Å². The molecule has 2 atom stereocenters. The van der Waals surface area contributed by atoms with E-state index < -0.39 is 0 Å². The molecule has 0 unspecified atom stereocenters. The number of aromatic nitrogens is 2. The first kappa shape index (κ1) is 14.8. The number of hydrogen-bond donors (Lipinski definition) is 1. The number of fused-ring (bicyclic) bond motifs is 1. The number of thioether (sulfide) groups is 1. The molecule has 1 fully saturated rings. The SMILES string of the molecule is O=C([C@H]1SCCc2ccccc21)N1CCC[C@H](c2ccn[nH]2)C1. The Morgan fingerprint density at radius 1 is 1.30 bits per heavy atom. The van der Waals surface area contributed by atoms with E-state index in [1.165, 1.54) is 11.1 Å². The number of nitrogens with zero attached hydrogens (tertiary/aromatic N) is 2. The van der Waals surface area contributed by atoms with Gasteiger partial charge >= 0.3 is 0 Å². The molecule has 2 aliphatic rings. The number of likely N-dealkylation sites (tertiary alicyclic amines) is 1. The lowest BCUT2D eigenvalue weighted by molar-refractivity contribution is -0.132. The third-order valence-corrected chi connectivity index (χ3v) is 6.14. The molecule has 1 aromatic heterocycles. The second-order valence-corrected chi connectivity index (χ2v) is 7.55. The van der Waals surface area contributed by atoms with Crippen molar-refractivity contribution in [3.8, 4) is 0 Å². The highest BCUT2D eigenvalue weighted by Gasteiger charge is 2.33. The van der Waals surface area contributed by atoms with Gasteiger partial charge in [0.25, 0.3) is 0 Å². The number of nitrogens with one attached hydrogen (secondary N) is 1. The van der Waals surface area contributed by atoms with Gasteiger partial charge in [0.1, 0.15) is 5.25 Å². The second kappa shape index (κ2) is 6.40. The quantitative estimate of drug-likeness (QED) is 0.922. The van der Waals surface area contributed by atoms with Crippen LogP contribution >= 0.6 is 11.8 Å². The molecule has 0 radical (unpaired) electrons. The van der Waals surface area contributed by atoms with Crippen LogP contribution in [0, 0.1) is 0 Å².